The van der Waals surface area contributed by atoms with Gasteiger partial charge in [-0.3, -0.25) is 14.5 Å². The maximum Gasteiger partial charge on any atom is 0.327 e. The number of amides is 2. The molecule has 9 heteroatoms. The van der Waals surface area contributed by atoms with E-state index in [1.165, 1.54) is 4.90 Å². The van der Waals surface area contributed by atoms with E-state index in [0.29, 0.717) is 11.4 Å². The van der Waals surface area contributed by atoms with Crippen molar-refractivity contribution in [2.24, 2.45) is 11.7 Å². The van der Waals surface area contributed by atoms with E-state index >= 15 is 0 Å². The SMILES string of the molecule is CCC(C)C(NC(=O)Cc1ccccc1)C(N)CC(=O)N1c2ccc(N)cc2CC1C(=O)O.Cl. The van der Waals surface area contributed by atoms with E-state index in [0.717, 1.165) is 17.5 Å². The molecule has 2 aromatic carbocycles. The number of anilines is 2. The van der Waals surface area contributed by atoms with E-state index in [9.17, 15) is 19.5 Å². The van der Waals surface area contributed by atoms with Gasteiger partial charge in [0.2, 0.25) is 11.8 Å². The number of nitrogens with one attached hydrogen (secondary N) is 1. The number of nitrogen functional groups attached to an aromatic ring is 1. The third-order valence-electron chi connectivity index (χ3n) is 6.31. The first kappa shape index (κ1) is 27.1. The Balaban J connectivity index is 0.00000408. The topological polar surface area (TPSA) is 139 Å². The van der Waals surface area contributed by atoms with Gasteiger partial charge in [0.25, 0.3) is 0 Å². The third-order valence-corrected chi connectivity index (χ3v) is 6.31. The van der Waals surface area contributed by atoms with Crippen molar-refractivity contribution in [3.63, 3.8) is 0 Å². The van der Waals surface area contributed by atoms with Gasteiger partial charge >= 0.3 is 5.97 Å². The van der Waals surface area contributed by atoms with E-state index in [4.69, 9.17) is 11.5 Å². The van der Waals surface area contributed by atoms with Crippen LogP contribution in [0.25, 0.3) is 0 Å². The normalized spacial score (nSPS) is 17.1. The van der Waals surface area contributed by atoms with Crippen LogP contribution in [0.3, 0.4) is 0 Å². The molecule has 6 N–H and O–H groups in total. The number of carbonyl (C=O) groups excluding carboxylic acids is 2. The summed E-state index contributed by atoms with van der Waals surface area (Å²) in [5, 5.41) is 12.7. The number of fused-ring (bicyclic) bond motifs is 1. The molecule has 4 atom stereocenters. The molecule has 0 saturated carbocycles. The van der Waals surface area contributed by atoms with Gasteiger partial charge in [0, 0.05) is 36.3 Å². The fourth-order valence-electron chi connectivity index (χ4n) is 4.35. The Morgan fingerprint density at radius 2 is 1.85 bits per heavy atom. The fraction of sp³-hybridized carbons (Fsp3) is 0.400. The molecule has 184 valence electrons. The molecule has 4 unspecified atom stereocenters. The maximum absolute atomic E-state index is 13.2. The standard InChI is InChI=1S/C25H32N4O4.ClH/c1-3-15(2)24(28-22(30)11-16-7-5-4-6-8-16)19(27)14-23(31)29-20-10-9-18(26)12-17(20)13-21(29)25(32)33;/h4-10,12,15,19,21,24H,3,11,13-14,26-27H2,1-2H3,(H,28,30)(H,32,33);1H. The zero-order chi connectivity index (χ0) is 24.1. The van der Waals surface area contributed by atoms with Crippen molar-refractivity contribution in [3.05, 3.63) is 59.7 Å². The summed E-state index contributed by atoms with van der Waals surface area (Å²) in [7, 11) is 0. The average Bonchev–Trinajstić information content (AvgIpc) is 3.16. The first-order chi connectivity index (χ1) is 15.7. The molecular formula is C25H33ClN4O4. The molecular weight excluding hydrogens is 456 g/mol. The first-order valence-electron chi connectivity index (χ1n) is 11.2. The molecule has 1 aliphatic rings. The van der Waals surface area contributed by atoms with Crippen LogP contribution in [-0.2, 0) is 27.2 Å². The molecule has 0 bridgehead atoms. The summed E-state index contributed by atoms with van der Waals surface area (Å²) in [6.07, 6.45) is 1.09. The predicted octanol–water partition coefficient (Wildman–Crippen LogP) is 2.52. The van der Waals surface area contributed by atoms with Crippen LogP contribution in [-0.4, -0.2) is 41.0 Å². The number of carboxylic acids is 1. The van der Waals surface area contributed by atoms with Crippen LogP contribution in [0.15, 0.2) is 48.5 Å². The minimum Gasteiger partial charge on any atom is -0.480 e. The van der Waals surface area contributed by atoms with Gasteiger partial charge in [0.1, 0.15) is 6.04 Å². The number of hydrogen-bond acceptors (Lipinski definition) is 5. The number of carboxylic acid groups (broad SMARTS) is 1. The summed E-state index contributed by atoms with van der Waals surface area (Å²) in [6, 6.07) is 12.3. The molecule has 0 aromatic heterocycles. The minimum atomic E-state index is -1.08. The molecule has 34 heavy (non-hydrogen) atoms. The van der Waals surface area contributed by atoms with Crippen molar-refractivity contribution in [2.75, 3.05) is 10.6 Å². The molecule has 0 radical (unpaired) electrons. The largest absolute Gasteiger partial charge is 0.480 e. The highest BCUT2D eigenvalue weighted by Crippen LogP contribution is 2.34. The predicted molar refractivity (Wildman–Crippen MR) is 135 cm³/mol. The van der Waals surface area contributed by atoms with Crippen molar-refractivity contribution in [1.82, 2.24) is 5.32 Å². The number of nitrogens with two attached hydrogens (primary N) is 2. The van der Waals surface area contributed by atoms with Crippen LogP contribution in [0.1, 0.15) is 37.8 Å². The molecule has 3 rings (SSSR count). The summed E-state index contributed by atoms with van der Waals surface area (Å²) < 4.78 is 0. The van der Waals surface area contributed by atoms with Crippen LogP contribution in [0.4, 0.5) is 11.4 Å². The Morgan fingerprint density at radius 3 is 2.47 bits per heavy atom. The maximum atomic E-state index is 13.2. The molecule has 8 nitrogen and oxygen atoms in total. The lowest BCUT2D eigenvalue weighted by Gasteiger charge is -2.31. The van der Waals surface area contributed by atoms with Crippen molar-refractivity contribution in [2.45, 2.75) is 57.7 Å². The quantitative estimate of drug-likeness (QED) is 0.400. The summed E-state index contributed by atoms with van der Waals surface area (Å²) >= 11 is 0. The molecule has 1 aliphatic heterocycles. The van der Waals surface area contributed by atoms with Crippen LogP contribution < -0.4 is 21.7 Å². The molecule has 0 fully saturated rings. The number of rotatable bonds is 9. The lowest BCUT2D eigenvalue weighted by molar-refractivity contribution is -0.140. The fourth-order valence-corrected chi connectivity index (χ4v) is 4.35. The van der Waals surface area contributed by atoms with Crippen LogP contribution in [0, 0.1) is 5.92 Å². The second kappa shape index (κ2) is 11.9. The summed E-state index contributed by atoms with van der Waals surface area (Å²) in [4.78, 5) is 39.1. The number of hydrogen-bond donors (Lipinski definition) is 4. The van der Waals surface area contributed by atoms with Crippen molar-refractivity contribution < 1.29 is 19.5 Å². The first-order valence-corrected chi connectivity index (χ1v) is 11.2. The Kier molecular flexibility index (Phi) is 9.46. The van der Waals surface area contributed by atoms with Crippen LogP contribution in [0.5, 0.6) is 0 Å². The number of carbonyl (C=O) groups is 3. The average molecular weight is 489 g/mol. The molecule has 2 aromatic rings. The Hall–Kier alpha value is -3.10. The smallest absolute Gasteiger partial charge is 0.327 e. The highest BCUT2D eigenvalue weighted by molar-refractivity contribution is 6.02. The Labute approximate surface area is 206 Å². The van der Waals surface area contributed by atoms with Gasteiger partial charge in [-0.15, -0.1) is 12.4 Å². The van der Waals surface area contributed by atoms with E-state index in [1.807, 2.05) is 44.2 Å². The zero-order valence-electron chi connectivity index (χ0n) is 19.4. The number of nitrogens with zero attached hydrogens (tertiary/aromatic N) is 1. The van der Waals surface area contributed by atoms with E-state index in [-0.39, 0.29) is 49.4 Å². The van der Waals surface area contributed by atoms with Gasteiger partial charge in [-0.25, -0.2) is 4.79 Å². The molecule has 0 spiro atoms. The summed E-state index contributed by atoms with van der Waals surface area (Å²) in [5.74, 6) is -1.60. The van der Waals surface area contributed by atoms with Crippen molar-refractivity contribution in [3.8, 4) is 0 Å². The third kappa shape index (κ3) is 6.27. The van der Waals surface area contributed by atoms with Gasteiger partial charge in [-0.1, -0.05) is 50.6 Å². The minimum absolute atomic E-state index is 0. The highest BCUT2D eigenvalue weighted by Gasteiger charge is 2.39. The lowest BCUT2D eigenvalue weighted by Crippen LogP contribution is -2.54. The second-order valence-corrected chi connectivity index (χ2v) is 8.72. The molecule has 0 saturated heterocycles. The summed E-state index contributed by atoms with van der Waals surface area (Å²) in [5.41, 5.74) is 14.9. The zero-order valence-corrected chi connectivity index (χ0v) is 20.3. The van der Waals surface area contributed by atoms with E-state index < -0.39 is 24.1 Å². The van der Waals surface area contributed by atoms with Crippen LogP contribution in [0.2, 0.25) is 0 Å². The van der Waals surface area contributed by atoms with E-state index in [1.54, 1.807) is 18.2 Å². The summed E-state index contributed by atoms with van der Waals surface area (Å²) in [6.45, 7) is 3.98. The molecule has 0 aliphatic carbocycles. The van der Waals surface area contributed by atoms with Gasteiger partial charge < -0.3 is 21.9 Å². The van der Waals surface area contributed by atoms with Gasteiger partial charge in [0.15, 0.2) is 0 Å². The lowest BCUT2D eigenvalue weighted by atomic mass is 9.90. The van der Waals surface area contributed by atoms with Gasteiger partial charge in [-0.2, -0.15) is 0 Å². The van der Waals surface area contributed by atoms with Crippen LogP contribution >= 0.6 is 12.4 Å². The monoisotopic (exact) mass is 488 g/mol. The molecule has 1 heterocycles. The van der Waals surface area contributed by atoms with Gasteiger partial charge in [-0.05, 0) is 35.2 Å². The Bertz CT molecular complexity index is 1020. The van der Waals surface area contributed by atoms with Gasteiger partial charge in [0.05, 0.1) is 6.42 Å². The van der Waals surface area contributed by atoms with Crippen molar-refractivity contribution in [1.29, 1.82) is 0 Å². The van der Waals surface area contributed by atoms with E-state index in [2.05, 4.69) is 5.32 Å². The number of halogens is 1. The second-order valence-electron chi connectivity index (χ2n) is 8.72. The molecule has 2 amide bonds. The van der Waals surface area contributed by atoms with Crippen molar-refractivity contribution >= 4 is 41.6 Å². The Morgan fingerprint density at radius 1 is 1.18 bits per heavy atom. The number of aliphatic carboxylic acids is 1. The highest BCUT2D eigenvalue weighted by atomic mass is 35.5. The number of benzene rings is 2.